The highest BCUT2D eigenvalue weighted by Gasteiger charge is 2.03. The van der Waals surface area contributed by atoms with E-state index in [0.29, 0.717) is 5.56 Å². The fraction of sp³-hybridized carbons (Fsp3) is 0.100. The number of carbonyl (C=O) groups is 1. The summed E-state index contributed by atoms with van der Waals surface area (Å²) in [5.74, 6) is 0.603. The number of ether oxygens (including phenoxy) is 1. The van der Waals surface area contributed by atoms with E-state index in [1.165, 1.54) is 0 Å². The van der Waals surface area contributed by atoms with Crippen LogP contribution in [0.1, 0.15) is 21.5 Å². The molecule has 4 nitrogen and oxygen atoms in total. The van der Waals surface area contributed by atoms with E-state index in [4.69, 9.17) is 4.74 Å². The average Bonchev–Trinajstić information content (AvgIpc) is 2.61. The lowest BCUT2D eigenvalue weighted by Crippen LogP contribution is -2.17. The molecule has 0 unspecified atom stereocenters. The number of rotatable bonds is 4. The van der Waals surface area contributed by atoms with Gasteiger partial charge in [0, 0.05) is 5.56 Å². The molecule has 3 aromatic carbocycles. The van der Waals surface area contributed by atoms with E-state index < -0.39 is 0 Å². The molecule has 1 N–H and O–H groups in total. The summed E-state index contributed by atoms with van der Waals surface area (Å²) in [6, 6.07) is 19.2. The first-order valence-electron chi connectivity index (χ1n) is 7.63. The molecule has 0 spiro atoms. The van der Waals surface area contributed by atoms with E-state index in [1.54, 1.807) is 25.5 Å². The fourth-order valence-electron chi connectivity index (χ4n) is 2.38. The SMILES string of the molecule is COc1ccc2cc(/C=N\NC(=O)c3ccc(C)cc3)ccc2c1. The molecule has 3 aromatic rings. The quantitative estimate of drug-likeness (QED) is 0.585. The fourth-order valence-corrected chi connectivity index (χ4v) is 2.38. The third kappa shape index (κ3) is 3.60. The van der Waals surface area contributed by atoms with Crippen LogP contribution in [-0.2, 0) is 0 Å². The number of fused-ring (bicyclic) bond motifs is 1. The zero-order valence-corrected chi connectivity index (χ0v) is 13.6. The summed E-state index contributed by atoms with van der Waals surface area (Å²) in [5.41, 5.74) is 5.16. The summed E-state index contributed by atoms with van der Waals surface area (Å²) < 4.78 is 5.22. The molecule has 0 aliphatic carbocycles. The normalized spacial score (nSPS) is 10.9. The number of nitrogens with one attached hydrogen (secondary N) is 1. The molecule has 0 aromatic heterocycles. The number of hydrazone groups is 1. The number of nitrogens with zero attached hydrogens (tertiary/aromatic N) is 1. The number of aryl methyl sites for hydroxylation is 1. The molecule has 4 heteroatoms. The molecule has 0 aliphatic rings. The molecule has 120 valence electrons. The van der Waals surface area contributed by atoms with Crippen molar-refractivity contribution in [1.82, 2.24) is 5.43 Å². The molecule has 0 aliphatic heterocycles. The van der Waals surface area contributed by atoms with Gasteiger partial charge in [0.05, 0.1) is 13.3 Å². The lowest BCUT2D eigenvalue weighted by Gasteiger charge is -2.03. The molecule has 0 bridgehead atoms. The van der Waals surface area contributed by atoms with Crippen molar-refractivity contribution >= 4 is 22.9 Å². The lowest BCUT2D eigenvalue weighted by atomic mass is 10.1. The molecule has 24 heavy (non-hydrogen) atoms. The second-order valence-corrected chi connectivity index (χ2v) is 5.54. The summed E-state index contributed by atoms with van der Waals surface area (Å²) in [4.78, 5) is 12.0. The van der Waals surface area contributed by atoms with Crippen LogP contribution >= 0.6 is 0 Å². The minimum atomic E-state index is -0.225. The van der Waals surface area contributed by atoms with Crippen molar-refractivity contribution in [3.8, 4) is 5.75 Å². The molecule has 0 saturated heterocycles. The summed E-state index contributed by atoms with van der Waals surface area (Å²) in [7, 11) is 1.65. The zero-order chi connectivity index (χ0) is 16.9. The van der Waals surface area contributed by atoms with Crippen LogP contribution in [0.15, 0.2) is 65.8 Å². The van der Waals surface area contributed by atoms with Gasteiger partial charge in [0.15, 0.2) is 0 Å². The van der Waals surface area contributed by atoms with Crippen molar-refractivity contribution < 1.29 is 9.53 Å². The van der Waals surface area contributed by atoms with Gasteiger partial charge >= 0.3 is 0 Å². The van der Waals surface area contributed by atoms with Gasteiger partial charge in [0.2, 0.25) is 0 Å². The van der Waals surface area contributed by atoms with Gasteiger partial charge in [0.1, 0.15) is 5.75 Å². The summed E-state index contributed by atoms with van der Waals surface area (Å²) in [5, 5.41) is 6.21. The van der Waals surface area contributed by atoms with Crippen LogP contribution in [0, 0.1) is 6.92 Å². The maximum Gasteiger partial charge on any atom is 0.271 e. The summed E-state index contributed by atoms with van der Waals surface area (Å²) in [6.45, 7) is 1.98. The van der Waals surface area contributed by atoms with Crippen LogP contribution < -0.4 is 10.2 Å². The third-order valence-corrected chi connectivity index (χ3v) is 3.76. The topological polar surface area (TPSA) is 50.7 Å². The van der Waals surface area contributed by atoms with Gasteiger partial charge < -0.3 is 4.74 Å². The van der Waals surface area contributed by atoms with Crippen molar-refractivity contribution in [2.75, 3.05) is 7.11 Å². The number of hydrogen-bond acceptors (Lipinski definition) is 3. The summed E-state index contributed by atoms with van der Waals surface area (Å²) >= 11 is 0. The number of hydrogen-bond donors (Lipinski definition) is 1. The van der Waals surface area contributed by atoms with Crippen molar-refractivity contribution in [2.45, 2.75) is 6.92 Å². The van der Waals surface area contributed by atoms with E-state index in [1.807, 2.05) is 55.5 Å². The molecule has 0 radical (unpaired) electrons. The Kier molecular flexibility index (Phi) is 4.57. The van der Waals surface area contributed by atoms with Crippen molar-refractivity contribution in [3.05, 3.63) is 77.4 Å². The molecule has 0 fully saturated rings. The van der Waals surface area contributed by atoms with E-state index >= 15 is 0 Å². The van der Waals surface area contributed by atoms with Crippen LogP contribution in [0.3, 0.4) is 0 Å². The number of carbonyl (C=O) groups excluding carboxylic acids is 1. The van der Waals surface area contributed by atoms with Crippen molar-refractivity contribution in [2.24, 2.45) is 5.10 Å². The van der Waals surface area contributed by atoms with Gasteiger partial charge in [-0.25, -0.2) is 5.43 Å². The molecular formula is C20H18N2O2. The molecule has 3 rings (SSSR count). The molecule has 0 saturated carbocycles. The second-order valence-electron chi connectivity index (χ2n) is 5.54. The largest absolute Gasteiger partial charge is 0.497 e. The Hall–Kier alpha value is -3.14. The molecular weight excluding hydrogens is 300 g/mol. The zero-order valence-electron chi connectivity index (χ0n) is 13.6. The van der Waals surface area contributed by atoms with E-state index in [2.05, 4.69) is 10.5 Å². The highest BCUT2D eigenvalue weighted by atomic mass is 16.5. The first-order valence-corrected chi connectivity index (χ1v) is 7.63. The second kappa shape index (κ2) is 6.96. The standard InChI is InChI=1S/C20H18N2O2/c1-14-3-6-16(7-4-14)20(23)22-21-13-15-5-8-18-12-19(24-2)10-9-17(18)11-15/h3-13H,1-2H3,(H,22,23)/b21-13-. The molecule has 0 atom stereocenters. The van der Waals surface area contributed by atoms with Crippen LogP contribution in [0.5, 0.6) is 5.75 Å². The van der Waals surface area contributed by atoms with Crippen molar-refractivity contribution in [1.29, 1.82) is 0 Å². The van der Waals surface area contributed by atoms with Gasteiger partial charge in [-0.1, -0.05) is 35.9 Å². The Morgan fingerprint density at radius 3 is 2.46 bits per heavy atom. The van der Waals surface area contributed by atoms with Gasteiger partial charge in [0.25, 0.3) is 5.91 Å². The Bertz CT molecular complexity index is 899. The lowest BCUT2D eigenvalue weighted by molar-refractivity contribution is 0.0955. The van der Waals surface area contributed by atoms with E-state index in [0.717, 1.165) is 27.6 Å². The first kappa shape index (κ1) is 15.7. The average molecular weight is 318 g/mol. The maximum absolute atomic E-state index is 12.0. The minimum absolute atomic E-state index is 0.225. The predicted molar refractivity (Wildman–Crippen MR) is 96.7 cm³/mol. The van der Waals surface area contributed by atoms with Gasteiger partial charge in [-0.3, -0.25) is 4.79 Å². The van der Waals surface area contributed by atoms with Crippen LogP contribution in [0.25, 0.3) is 10.8 Å². The van der Waals surface area contributed by atoms with E-state index in [-0.39, 0.29) is 5.91 Å². The Labute approximate surface area is 140 Å². The Morgan fingerprint density at radius 2 is 1.71 bits per heavy atom. The number of methoxy groups -OCH3 is 1. The third-order valence-electron chi connectivity index (χ3n) is 3.76. The first-order chi connectivity index (χ1) is 11.7. The Morgan fingerprint density at radius 1 is 1.00 bits per heavy atom. The Balaban J connectivity index is 1.71. The number of amides is 1. The molecule has 0 heterocycles. The van der Waals surface area contributed by atoms with Crippen LogP contribution in [-0.4, -0.2) is 19.2 Å². The van der Waals surface area contributed by atoms with E-state index in [9.17, 15) is 4.79 Å². The summed E-state index contributed by atoms with van der Waals surface area (Å²) in [6.07, 6.45) is 1.63. The monoisotopic (exact) mass is 318 g/mol. The minimum Gasteiger partial charge on any atom is -0.497 e. The van der Waals surface area contributed by atoms with Crippen LogP contribution in [0.4, 0.5) is 0 Å². The van der Waals surface area contributed by atoms with Crippen molar-refractivity contribution in [3.63, 3.8) is 0 Å². The smallest absolute Gasteiger partial charge is 0.271 e. The van der Waals surface area contributed by atoms with Gasteiger partial charge in [-0.05, 0) is 53.6 Å². The van der Waals surface area contributed by atoms with Gasteiger partial charge in [-0.2, -0.15) is 5.10 Å². The highest BCUT2D eigenvalue weighted by molar-refractivity contribution is 5.95. The molecule has 1 amide bonds. The highest BCUT2D eigenvalue weighted by Crippen LogP contribution is 2.21. The maximum atomic E-state index is 12.0. The predicted octanol–water partition coefficient (Wildman–Crippen LogP) is 3.92. The van der Waals surface area contributed by atoms with Crippen LogP contribution in [0.2, 0.25) is 0 Å². The van der Waals surface area contributed by atoms with Gasteiger partial charge in [-0.15, -0.1) is 0 Å². The number of benzene rings is 3.